The highest BCUT2D eigenvalue weighted by molar-refractivity contribution is 9.10. The molecule has 1 aromatic rings. The maximum Gasteiger partial charge on any atom is 0.251 e. The first kappa shape index (κ1) is 19.1. The third kappa shape index (κ3) is 6.89. The van der Waals surface area contributed by atoms with Crippen molar-refractivity contribution in [3.05, 3.63) is 34.3 Å². The number of amides is 1. The number of sulfonamides is 1. The molecule has 0 saturated heterocycles. The molecule has 0 fully saturated rings. The van der Waals surface area contributed by atoms with Crippen molar-refractivity contribution in [2.24, 2.45) is 0 Å². The van der Waals surface area contributed by atoms with Crippen LogP contribution >= 0.6 is 15.9 Å². The van der Waals surface area contributed by atoms with Gasteiger partial charge in [0.2, 0.25) is 10.0 Å². The lowest BCUT2D eigenvalue weighted by molar-refractivity contribution is 0.0951. The Morgan fingerprint density at radius 3 is 2.59 bits per heavy atom. The van der Waals surface area contributed by atoms with Crippen molar-refractivity contribution < 1.29 is 13.2 Å². The van der Waals surface area contributed by atoms with E-state index in [1.807, 2.05) is 6.07 Å². The maximum absolute atomic E-state index is 12.0. The molecule has 22 heavy (non-hydrogen) atoms. The van der Waals surface area contributed by atoms with Gasteiger partial charge in [-0.2, -0.15) is 0 Å². The molecule has 1 amide bonds. The molecule has 0 spiro atoms. The van der Waals surface area contributed by atoms with Crippen molar-refractivity contribution in [2.75, 3.05) is 25.9 Å². The van der Waals surface area contributed by atoms with E-state index in [1.54, 1.807) is 18.2 Å². The van der Waals surface area contributed by atoms with Crippen LogP contribution < -0.4 is 5.32 Å². The molecule has 0 saturated carbocycles. The summed E-state index contributed by atoms with van der Waals surface area (Å²) in [4.78, 5) is 12.0. The quantitative estimate of drug-likeness (QED) is 0.658. The van der Waals surface area contributed by atoms with Gasteiger partial charge in [-0.15, -0.1) is 0 Å². The van der Waals surface area contributed by atoms with Crippen LogP contribution in [-0.2, 0) is 10.0 Å². The minimum absolute atomic E-state index is 0.205. The molecule has 1 aromatic carbocycles. The molecule has 0 heterocycles. The summed E-state index contributed by atoms with van der Waals surface area (Å²) < 4.78 is 25.7. The number of unbranched alkanes of at least 4 members (excludes halogenated alkanes) is 2. The number of halogens is 1. The first-order valence-electron chi connectivity index (χ1n) is 7.33. The zero-order valence-electron chi connectivity index (χ0n) is 13.0. The second-order valence-electron chi connectivity index (χ2n) is 5.14. The molecular weight excluding hydrogens is 368 g/mol. The average molecular weight is 391 g/mol. The number of benzene rings is 1. The zero-order valence-corrected chi connectivity index (χ0v) is 15.4. The number of nitrogens with one attached hydrogen (secondary N) is 1. The molecule has 0 atom stereocenters. The zero-order chi connectivity index (χ0) is 16.6. The lowest BCUT2D eigenvalue weighted by atomic mass is 10.2. The van der Waals surface area contributed by atoms with E-state index in [9.17, 15) is 13.2 Å². The fourth-order valence-corrected chi connectivity index (χ4v) is 3.29. The standard InChI is InChI=1S/C15H23BrN2O3S/c1-3-4-5-10-18(22(2,20)21)11-9-17-15(19)13-7-6-8-14(16)12-13/h6-8,12H,3-5,9-11H2,1-2H3,(H,17,19). The molecule has 0 aliphatic carbocycles. The minimum atomic E-state index is -3.24. The van der Waals surface area contributed by atoms with Crippen molar-refractivity contribution >= 4 is 31.9 Å². The van der Waals surface area contributed by atoms with Crippen LogP contribution in [0.3, 0.4) is 0 Å². The lowest BCUT2D eigenvalue weighted by Gasteiger charge is -2.20. The smallest absolute Gasteiger partial charge is 0.251 e. The van der Waals surface area contributed by atoms with Crippen molar-refractivity contribution in [2.45, 2.75) is 26.2 Å². The van der Waals surface area contributed by atoms with Crippen LogP contribution in [0.1, 0.15) is 36.5 Å². The molecule has 5 nitrogen and oxygen atoms in total. The SMILES string of the molecule is CCCCCN(CCNC(=O)c1cccc(Br)c1)S(C)(=O)=O. The predicted octanol–water partition coefficient (Wildman–Crippen LogP) is 2.63. The predicted molar refractivity (Wildman–Crippen MR) is 92.4 cm³/mol. The van der Waals surface area contributed by atoms with Crippen LogP contribution in [-0.4, -0.2) is 44.5 Å². The first-order chi connectivity index (χ1) is 10.3. The van der Waals surface area contributed by atoms with Crippen molar-refractivity contribution in [3.8, 4) is 0 Å². The van der Waals surface area contributed by atoms with Crippen LogP contribution in [0, 0.1) is 0 Å². The van der Waals surface area contributed by atoms with E-state index in [0.717, 1.165) is 23.7 Å². The Balaban J connectivity index is 2.50. The number of carbonyl (C=O) groups excluding carboxylic acids is 1. The molecule has 0 aliphatic heterocycles. The maximum atomic E-state index is 12.0. The molecule has 0 radical (unpaired) electrons. The van der Waals surface area contributed by atoms with Gasteiger partial charge in [-0.05, 0) is 24.6 Å². The topological polar surface area (TPSA) is 66.5 Å². The monoisotopic (exact) mass is 390 g/mol. The van der Waals surface area contributed by atoms with Gasteiger partial charge in [-0.3, -0.25) is 4.79 Å². The summed E-state index contributed by atoms with van der Waals surface area (Å²) in [6, 6.07) is 7.07. The van der Waals surface area contributed by atoms with Gasteiger partial charge in [0.15, 0.2) is 0 Å². The van der Waals surface area contributed by atoms with Crippen LogP contribution in [0.5, 0.6) is 0 Å². The fourth-order valence-electron chi connectivity index (χ4n) is 2.01. The van der Waals surface area contributed by atoms with E-state index in [4.69, 9.17) is 0 Å². The summed E-state index contributed by atoms with van der Waals surface area (Å²) >= 11 is 3.32. The molecule has 7 heteroatoms. The third-order valence-corrected chi connectivity index (χ3v) is 5.01. The van der Waals surface area contributed by atoms with Crippen molar-refractivity contribution in [1.29, 1.82) is 0 Å². The number of rotatable bonds is 9. The molecule has 1 rings (SSSR count). The largest absolute Gasteiger partial charge is 0.351 e. The van der Waals surface area contributed by atoms with Gasteiger partial charge in [0, 0.05) is 29.7 Å². The van der Waals surface area contributed by atoms with Crippen molar-refractivity contribution in [1.82, 2.24) is 9.62 Å². The van der Waals surface area contributed by atoms with Gasteiger partial charge in [-0.1, -0.05) is 41.8 Å². The van der Waals surface area contributed by atoms with Crippen molar-refractivity contribution in [3.63, 3.8) is 0 Å². The number of carbonyl (C=O) groups is 1. The van der Waals surface area contributed by atoms with E-state index < -0.39 is 10.0 Å². The second-order valence-corrected chi connectivity index (χ2v) is 8.03. The summed E-state index contributed by atoms with van der Waals surface area (Å²) in [5, 5.41) is 2.75. The summed E-state index contributed by atoms with van der Waals surface area (Å²) in [7, 11) is -3.24. The lowest BCUT2D eigenvalue weighted by Crippen LogP contribution is -2.38. The number of hydrogen-bond acceptors (Lipinski definition) is 3. The van der Waals surface area contributed by atoms with Gasteiger partial charge in [0.25, 0.3) is 5.91 Å². The summed E-state index contributed by atoms with van der Waals surface area (Å²) in [6.07, 6.45) is 4.08. The summed E-state index contributed by atoms with van der Waals surface area (Å²) in [5.74, 6) is -0.205. The highest BCUT2D eigenvalue weighted by Gasteiger charge is 2.16. The highest BCUT2D eigenvalue weighted by atomic mass is 79.9. The Bertz CT molecular complexity index is 590. The molecule has 0 aromatic heterocycles. The Labute approximate surface area is 141 Å². The average Bonchev–Trinajstić information content (AvgIpc) is 2.44. The second kappa shape index (κ2) is 9.27. The molecular formula is C15H23BrN2O3S. The van der Waals surface area contributed by atoms with Gasteiger partial charge < -0.3 is 5.32 Å². The summed E-state index contributed by atoms with van der Waals surface area (Å²) in [5.41, 5.74) is 0.547. The first-order valence-corrected chi connectivity index (χ1v) is 9.97. The van der Waals surface area contributed by atoms with E-state index in [2.05, 4.69) is 28.2 Å². The molecule has 1 N–H and O–H groups in total. The van der Waals surface area contributed by atoms with Gasteiger partial charge >= 0.3 is 0 Å². The van der Waals surface area contributed by atoms with Crippen LogP contribution in [0.4, 0.5) is 0 Å². The molecule has 0 aliphatic rings. The van der Waals surface area contributed by atoms with Crippen LogP contribution in [0.15, 0.2) is 28.7 Å². The summed E-state index contributed by atoms with van der Waals surface area (Å²) in [6.45, 7) is 3.16. The van der Waals surface area contributed by atoms with E-state index in [0.29, 0.717) is 25.2 Å². The fraction of sp³-hybridized carbons (Fsp3) is 0.533. The molecule has 0 bridgehead atoms. The normalized spacial score (nSPS) is 11.6. The van der Waals surface area contributed by atoms with Gasteiger partial charge in [0.05, 0.1) is 6.26 Å². The number of nitrogens with zero attached hydrogens (tertiary/aromatic N) is 1. The van der Waals surface area contributed by atoms with E-state index in [-0.39, 0.29) is 5.91 Å². The molecule has 0 unspecified atom stereocenters. The van der Waals surface area contributed by atoms with E-state index >= 15 is 0 Å². The van der Waals surface area contributed by atoms with E-state index in [1.165, 1.54) is 10.6 Å². The van der Waals surface area contributed by atoms with Gasteiger partial charge in [0.1, 0.15) is 0 Å². The third-order valence-electron chi connectivity index (χ3n) is 3.21. The van der Waals surface area contributed by atoms with Gasteiger partial charge in [-0.25, -0.2) is 12.7 Å². The number of hydrogen-bond donors (Lipinski definition) is 1. The Morgan fingerprint density at radius 1 is 1.27 bits per heavy atom. The Kier molecular flexibility index (Phi) is 8.06. The molecule has 124 valence electrons. The van der Waals surface area contributed by atoms with Crippen LogP contribution in [0.25, 0.3) is 0 Å². The Morgan fingerprint density at radius 2 is 2.00 bits per heavy atom. The minimum Gasteiger partial charge on any atom is -0.351 e. The highest BCUT2D eigenvalue weighted by Crippen LogP contribution is 2.11. The van der Waals surface area contributed by atoms with Crippen LogP contribution in [0.2, 0.25) is 0 Å². The Hall–Kier alpha value is -0.920.